The molecule has 2 saturated heterocycles. The van der Waals surface area contributed by atoms with Crippen LogP contribution in [0, 0.1) is 6.92 Å². The van der Waals surface area contributed by atoms with Gasteiger partial charge in [-0.25, -0.2) is 4.98 Å². The Morgan fingerprint density at radius 1 is 1.00 bits per heavy atom. The quantitative estimate of drug-likeness (QED) is 0.833. The third kappa shape index (κ3) is 4.95. The second-order valence-electron chi connectivity index (χ2n) is 6.84. The maximum Gasteiger partial charge on any atom is 0.128 e. The highest BCUT2D eigenvalue weighted by molar-refractivity contribution is 5.38. The van der Waals surface area contributed by atoms with E-state index in [2.05, 4.69) is 33.8 Å². The topological polar surface area (TPSA) is 28.6 Å². The van der Waals surface area contributed by atoms with Crippen molar-refractivity contribution < 1.29 is 4.74 Å². The van der Waals surface area contributed by atoms with Crippen molar-refractivity contribution in [1.29, 1.82) is 0 Å². The van der Waals surface area contributed by atoms with Crippen molar-refractivity contribution in [2.24, 2.45) is 0 Å². The molecule has 0 aliphatic carbocycles. The number of rotatable bonds is 2. The molecule has 0 saturated carbocycles. The average Bonchev–Trinajstić information content (AvgIpc) is 2.69. The molecule has 4 nitrogen and oxygen atoms in total. The molecular weight excluding hydrogens is 310 g/mol. The molecule has 134 valence electrons. The molecule has 1 aromatic carbocycles. The molecule has 1 aromatic heterocycles. The standard InChI is InChI=1S/C13H19N3.C8H10O/c1-3-7-14-13(6-1)16-10-9-15-8-4-2-5-12(15)11-16;1-7-3-5-8(9-2)6-4-7/h1,3,6-7,12H,2,4-5,8-11H2;3-6H,1-2H3. The van der Waals surface area contributed by atoms with E-state index in [-0.39, 0.29) is 0 Å². The Balaban J connectivity index is 0.000000173. The first kappa shape index (κ1) is 17.7. The van der Waals surface area contributed by atoms with E-state index >= 15 is 0 Å². The van der Waals surface area contributed by atoms with Crippen molar-refractivity contribution in [3.8, 4) is 5.75 Å². The second kappa shape index (κ2) is 8.86. The molecule has 3 heterocycles. The first-order chi connectivity index (χ1) is 12.3. The van der Waals surface area contributed by atoms with Crippen LogP contribution in [0.15, 0.2) is 48.7 Å². The minimum absolute atomic E-state index is 0.768. The monoisotopic (exact) mass is 339 g/mol. The number of aromatic nitrogens is 1. The van der Waals surface area contributed by atoms with Gasteiger partial charge < -0.3 is 9.64 Å². The number of hydrogen-bond donors (Lipinski definition) is 0. The van der Waals surface area contributed by atoms with E-state index in [0.717, 1.165) is 30.7 Å². The molecule has 2 aliphatic heterocycles. The zero-order chi connectivity index (χ0) is 17.5. The Labute approximate surface area is 151 Å². The van der Waals surface area contributed by atoms with Crippen LogP contribution in [0.3, 0.4) is 0 Å². The van der Waals surface area contributed by atoms with Gasteiger partial charge in [0.1, 0.15) is 11.6 Å². The molecular formula is C21H29N3O. The molecule has 25 heavy (non-hydrogen) atoms. The molecule has 2 aromatic rings. The number of nitrogens with zero attached hydrogens (tertiary/aromatic N) is 3. The van der Waals surface area contributed by atoms with Crippen molar-refractivity contribution in [3.05, 3.63) is 54.2 Å². The Bertz CT molecular complexity index is 629. The lowest BCUT2D eigenvalue weighted by atomic mass is 9.99. The first-order valence-electron chi connectivity index (χ1n) is 9.27. The number of benzene rings is 1. The molecule has 2 fully saturated rings. The van der Waals surface area contributed by atoms with Gasteiger partial charge in [0.15, 0.2) is 0 Å². The summed E-state index contributed by atoms with van der Waals surface area (Å²) in [5, 5.41) is 0. The number of piperazine rings is 1. The summed E-state index contributed by atoms with van der Waals surface area (Å²) in [6, 6.07) is 14.9. The lowest BCUT2D eigenvalue weighted by molar-refractivity contribution is 0.133. The lowest BCUT2D eigenvalue weighted by Gasteiger charge is -2.44. The molecule has 0 radical (unpaired) electrons. The Hall–Kier alpha value is -2.07. The van der Waals surface area contributed by atoms with Gasteiger partial charge in [0.05, 0.1) is 7.11 Å². The molecule has 1 atom stereocenters. The first-order valence-corrected chi connectivity index (χ1v) is 9.27. The summed E-state index contributed by atoms with van der Waals surface area (Å²) in [5.41, 5.74) is 1.26. The Morgan fingerprint density at radius 2 is 1.84 bits per heavy atom. The Kier molecular flexibility index (Phi) is 6.29. The van der Waals surface area contributed by atoms with Gasteiger partial charge in [-0.15, -0.1) is 0 Å². The van der Waals surface area contributed by atoms with Crippen molar-refractivity contribution >= 4 is 5.82 Å². The maximum absolute atomic E-state index is 4.97. The van der Waals surface area contributed by atoms with Crippen LogP contribution in [0.2, 0.25) is 0 Å². The minimum atomic E-state index is 0.768. The molecule has 0 spiro atoms. The summed E-state index contributed by atoms with van der Waals surface area (Å²) in [7, 11) is 1.67. The van der Waals surface area contributed by atoms with Crippen LogP contribution in [0.4, 0.5) is 5.82 Å². The number of anilines is 1. The van der Waals surface area contributed by atoms with Gasteiger partial charge in [0.2, 0.25) is 0 Å². The third-order valence-corrected chi connectivity index (χ3v) is 5.07. The molecule has 1 unspecified atom stereocenters. The van der Waals surface area contributed by atoms with Gasteiger partial charge in [-0.2, -0.15) is 0 Å². The van der Waals surface area contributed by atoms with Crippen LogP contribution in [-0.4, -0.2) is 49.2 Å². The van der Waals surface area contributed by atoms with Crippen molar-refractivity contribution in [2.75, 3.05) is 38.2 Å². The maximum atomic E-state index is 4.97. The number of ether oxygens (including phenoxy) is 1. The summed E-state index contributed by atoms with van der Waals surface area (Å²) in [6.45, 7) is 6.87. The predicted octanol–water partition coefficient (Wildman–Crippen LogP) is 3.76. The van der Waals surface area contributed by atoms with Gasteiger partial charge in [-0.3, -0.25) is 4.90 Å². The summed E-state index contributed by atoms with van der Waals surface area (Å²) >= 11 is 0. The highest BCUT2D eigenvalue weighted by Crippen LogP contribution is 2.23. The summed E-state index contributed by atoms with van der Waals surface area (Å²) < 4.78 is 4.97. The number of aryl methyl sites for hydroxylation is 1. The van der Waals surface area contributed by atoms with E-state index in [1.165, 1.54) is 37.9 Å². The number of fused-ring (bicyclic) bond motifs is 1. The van der Waals surface area contributed by atoms with Crippen LogP contribution in [0.25, 0.3) is 0 Å². The van der Waals surface area contributed by atoms with Crippen LogP contribution in [-0.2, 0) is 0 Å². The van der Waals surface area contributed by atoms with E-state index in [1.807, 2.05) is 36.5 Å². The smallest absolute Gasteiger partial charge is 0.128 e. The number of pyridine rings is 1. The van der Waals surface area contributed by atoms with Gasteiger partial charge >= 0.3 is 0 Å². The zero-order valence-electron chi connectivity index (χ0n) is 15.4. The average molecular weight is 339 g/mol. The predicted molar refractivity (Wildman–Crippen MR) is 103 cm³/mol. The van der Waals surface area contributed by atoms with Gasteiger partial charge in [-0.05, 0) is 50.6 Å². The lowest BCUT2D eigenvalue weighted by Crippen LogP contribution is -2.55. The molecule has 0 N–H and O–H groups in total. The van der Waals surface area contributed by atoms with Crippen molar-refractivity contribution in [1.82, 2.24) is 9.88 Å². The highest BCUT2D eigenvalue weighted by Gasteiger charge is 2.29. The van der Waals surface area contributed by atoms with Crippen LogP contribution in [0.5, 0.6) is 5.75 Å². The highest BCUT2D eigenvalue weighted by atomic mass is 16.5. The van der Waals surface area contributed by atoms with Crippen molar-refractivity contribution in [2.45, 2.75) is 32.2 Å². The zero-order valence-corrected chi connectivity index (χ0v) is 15.4. The fourth-order valence-corrected chi connectivity index (χ4v) is 3.58. The van der Waals surface area contributed by atoms with E-state index in [0.29, 0.717) is 0 Å². The third-order valence-electron chi connectivity index (χ3n) is 5.07. The van der Waals surface area contributed by atoms with Gasteiger partial charge in [0, 0.05) is 31.9 Å². The summed E-state index contributed by atoms with van der Waals surface area (Å²) in [5.74, 6) is 2.06. The molecule has 2 aliphatic rings. The fourth-order valence-electron chi connectivity index (χ4n) is 3.58. The molecule has 0 bridgehead atoms. The van der Waals surface area contributed by atoms with Gasteiger partial charge in [0.25, 0.3) is 0 Å². The largest absolute Gasteiger partial charge is 0.497 e. The number of piperidine rings is 1. The fraction of sp³-hybridized carbons (Fsp3) is 0.476. The van der Waals surface area contributed by atoms with E-state index < -0.39 is 0 Å². The van der Waals surface area contributed by atoms with E-state index in [9.17, 15) is 0 Å². The molecule has 4 heteroatoms. The SMILES string of the molecule is COc1ccc(C)cc1.c1ccc(N2CCN3CCCCC3C2)nc1. The van der Waals surface area contributed by atoms with Crippen LogP contribution >= 0.6 is 0 Å². The van der Waals surface area contributed by atoms with Crippen LogP contribution < -0.4 is 9.64 Å². The molecule has 4 rings (SSSR count). The van der Waals surface area contributed by atoms with E-state index in [1.54, 1.807) is 7.11 Å². The second-order valence-corrected chi connectivity index (χ2v) is 6.84. The van der Waals surface area contributed by atoms with Gasteiger partial charge in [-0.1, -0.05) is 30.2 Å². The van der Waals surface area contributed by atoms with Crippen molar-refractivity contribution in [3.63, 3.8) is 0 Å². The Morgan fingerprint density at radius 3 is 2.56 bits per heavy atom. The summed E-state index contributed by atoms with van der Waals surface area (Å²) in [6.07, 6.45) is 6.04. The summed E-state index contributed by atoms with van der Waals surface area (Å²) in [4.78, 5) is 9.54. The normalized spacial score (nSPS) is 20.2. The minimum Gasteiger partial charge on any atom is -0.497 e. The van der Waals surface area contributed by atoms with E-state index in [4.69, 9.17) is 4.74 Å². The van der Waals surface area contributed by atoms with Crippen LogP contribution in [0.1, 0.15) is 24.8 Å². The number of methoxy groups -OCH3 is 1. The molecule has 0 amide bonds. The number of hydrogen-bond acceptors (Lipinski definition) is 4.